The fraction of sp³-hybridized carbons (Fsp3) is 0.259. The zero-order chi connectivity index (χ0) is 24.1. The number of nitrogens with zero attached hydrogens (tertiary/aromatic N) is 1. The molecule has 4 rings (SSSR count). The van der Waals surface area contributed by atoms with Crippen LogP contribution in [0, 0.1) is 5.82 Å². The van der Waals surface area contributed by atoms with Gasteiger partial charge in [-0.3, -0.25) is 9.59 Å². The molecular weight excluding hydrogens is 451 g/mol. The lowest BCUT2D eigenvalue weighted by molar-refractivity contribution is -0.118. The van der Waals surface area contributed by atoms with Crippen molar-refractivity contribution in [1.82, 2.24) is 5.32 Å². The summed E-state index contributed by atoms with van der Waals surface area (Å²) >= 11 is 1.48. The summed E-state index contributed by atoms with van der Waals surface area (Å²) in [5.74, 6) is 1.30. The lowest BCUT2D eigenvalue weighted by atomic mass is 10.1. The van der Waals surface area contributed by atoms with Crippen LogP contribution in [-0.4, -0.2) is 30.7 Å². The maximum absolute atomic E-state index is 13.2. The van der Waals surface area contributed by atoms with E-state index in [1.165, 1.54) is 23.9 Å². The number of halogens is 1. The highest BCUT2D eigenvalue weighted by Crippen LogP contribution is 2.34. The molecule has 2 amide bonds. The number of hydrogen-bond donors (Lipinski definition) is 1. The molecule has 0 aliphatic carbocycles. The van der Waals surface area contributed by atoms with Crippen LogP contribution in [0.1, 0.15) is 34.0 Å². The van der Waals surface area contributed by atoms with E-state index in [4.69, 9.17) is 4.74 Å². The molecule has 1 aliphatic heterocycles. The molecule has 0 bridgehead atoms. The summed E-state index contributed by atoms with van der Waals surface area (Å²) in [6.45, 7) is 2.43. The number of thioether (sulfide) groups is 1. The Balaban J connectivity index is 1.35. The summed E-state index contributed by atoms with van der Waals surface area (Å²) in [7, 11) is 1.60. The van der Waals surface area contributed by atoms with Crippen LogP contribution in [0.4, 0.5) is 10.1 Å². The van der Waals surface area contributed by atoms with Gasteiger partial charge in [-0.1, -0.05) is 24.3 Å². The number of methoxy groups -OCH3 is 1. The lowest BCUT2D eigenvalue weighted by Crippen LogP contribution is -2.35. The van der Waals surface area contributed by atoms with Gasteiger partial charge in [0.15, 0.2) is 0 Å². The van der Waals surface area contributed by atoms with Gasteiger partial charge in [0.2, 0.25) is 5.91 Å². The van der Waals surface area contributed by atoms with Gasteiger partial charge in [0, 0.05) is 29.6 Å². The Morgan fingerprint density at radius 2 is 1.76 bits per heavy atom. The van der Waals surface area contributed by atoms with E-state index in [2.05, 4.69) is 5.32 Å². The Bertz CT molecular complexity index is 1170. The highest BCUT2D eigenvalue weighted by molar-refractivity contribution is 7.99. The van der Waals surface area contributed by atoms with E-state index in [-0.39, 0.29) is 23.7 Å². The smallest absolute Gasteiger partial charge is 0.258 e. The summed E-state index contributed by atoms with van der Waals surface area (Å²) in [6, 6.07) is 19.5. The van der Waals surface area contributed by atoms with E-state index < -0.39 is 0 Å². The van der Waals surface area contributed by atoms with Crippen LogP contribution in [0.2, 0.25) is 0 Å². The zero-order valence-electron chi connectivity index (χ0n) is 19.2. The van der Waals surface area contributed by atoms with Crippen LogP contribution >= 0.6 is 11.8 Å². The van der Waals surface area contributed by atoms with Crippen molar-refractivity contribution in [2.75, 3.05) is 17.8 Å². The summed E-state index contributed by atoms with van der Waals surface area (Å²) in [5.41, 5.74) is 4.55. The van der Waals surface area contributed by atoms with Crippen molar-refractivity contribution in [3.63, 3.8) is 0 Å². The van der Waals surface area contributed by atoms with Crippen LogP contribution in [0.5, 0.6) is 5.75 Å². The first-order valence-corrected chi connectivity index (χ1v) is 12.3. The highest BCUT2D eigenvalue weighted by atomic mass is 32.2. The third-order valence-corrected chi connectivity index (χ3v) is 6.83. The van der Waals surface area contributed by atoms with E-state index in [1.54, 1.807) is 43.5 Å². The van der Waals surface area contributed by atoms with E-state index in [1.807, 2.05) is 30.0 Å². The number of nitrogens with one attached hydrogen (secondary N) is 1. The number of rotatable bonds is 8. The van der Waals surface area contributed by atoms with Gasteiger partial charge in [-0.15, -0.1) is 11.8 Å². The fourth-order valence-corrected chi connectivity index (χ4v) is 4.86. The number of anilines is 1. The van der Waals surface area contributed by atoms with Crippen molar-refractivity contribution in [2.45, 2.75) is 31.7 Å². The minimum atomic E-state index is -0.264. The maximum Gasteiger partial charge on any atom is 0.258 e. The third-order valence-electron chi connectivity index (χ3n) is 5.83. The first-order chi connectivity index (χ1) is 16.4. The topological polar surface area (TPSA) is 58.6 Å². The molecule has 0 unspecified atom stereocenters. The van der Waals surface area contributed by atoms with Crippen molar-refractivity contribution >= 4 is 29.3 Å². The molecule has 0 fully saturated rings. The van der Waals surface area contributed by atoms with Gasteiger partial charge < -0.3 is 15.0 Å². The van der Waals surface area contributed by atoms with Gasteiger partial charge in [0.1, 0.15) is 11.6 Å². The molecule has 3 aromatic carbocycles. The number of hydrogen-bond acceptors (Lipinski definition) is 4. The standard InChI is InChI=1S/C27H27FN2O3S/c1-18-13-22-6-3-20(15-29-26(31)17-34-16-19-4-9-23(28)10-5-19)14-25(22)30(18)27(32)21-7-11-24(33-2)12-8-21/h3-12,14,18H,13,15-17H2,1-2H3,(H,29,31)/t18-/m0/s1. The molecule has 0 saturated heterocycles. The number of fused-ring (bicyclic) bond motifs is 1. The van der Waals surface area contributed by atoms with Crippen molar-refractivity contribution in [3.05, 3.63) is 94.8 Å². The lowest BCUT2D eigenvalue weighted by Gasteiger charge is -2.23. The van der Waals surface area contributed by atoms with Crippen LogP contribution in [0.3, 0.4) is 0 Å². The van der Waals surface area contributed by atoms with E-state index in [0.29, 0.717) is 29.4 Å². The molecule has 0 saturated carbocycles. The molecule has 7 heteroatoms. The highest BCUT2D eigenvalue weighted by Gasteiger charge is 2.31. The summed E-state index contributed by atoms with van der Waals surface area (Å²) < 4.78 is 18.2. The molecule has 0 aromatic heterocycles. The fourth-order valence-electron chi connectivity index (χ4n) is 4.04. The predicted octanol–water partition coefficient (Wildman–Crippen LogP) is 4.98. The molecule has 0 radical (unpaired) electrons. The zero-order valence-corrected chi connectivity index (χ0v) is 20.0. The second-order valence-corrected chi connectivity index (χ2v) is 9.30. The maximum atomic E-state index is 13.2. The summed E-state index contributed by atoms with van der Waals surface area (Å²) in [6.07, 6.45) is 0.796. The Morgan fingerprint density at radius 3 is 2.47 bits per heavy atom. The molecule has 5 nitrogen and oxygen atoms in total. The van der Waals surface area contributed by atoms with Gasteiger partial charge >= 0.3 is 0 Å². The number of carbonyl (C=O) groups excluding carboxylic acids is 2. The molecular formula is C27H27FN2O3S. The van der Waals surface area contributed by atoms with E-state index >= 15 is 0 Å². The Hall–Kier alpha value is -3.32. The Kier molecular flexibility index (Phi) is 7.53. The minimum Gasteiger partial charge on any atom is -0.497 e. The Labute approximate surface area is 203 Å². The third kappa shape index (κ3) is 5.59. The molecule has 1 atom stereocenters. The first-order valence-electron chi connectivity index (χ1n) is 11.1. The molecule has 0 spiro atoms. The summed E-state index contributed by atoms with van der Waals surface area (Å²) in [5, 5.41) is 2.95. The van der Waals surface area contributed by atoms with Gasteiger partial charge in [-0.2, -0.15) is 0 Å². The SMILES string of the molecule is COc1ccc(C(=O)N2c3cc(CNC(=O)CSCc4ccc(F)cc4)ccc3C[C@@H]2C)cc1. The molecule has 1 heterocycles. The normalized spacial score (nSPS) is 14.6. The number of ether oxygens (including phenoxy) is 1. The van der Waals surface area contributed by atoms with Crippen molar-refractivity contribution < 1.29 is 18.7 Å². The van der Waals surface area contributed by atoms with Crippen molar-refractivity contribution in [3.8, 4) is 5.75 Å². The first kappa shape index (κ1) is 23.8. The molecule has 34 heavy (non-hydrogen) atoms. The average molecular weight is 479 g/mol. The van der Waals surface area contributed by atoms with Crippen LogP contribution in [-0.2, 0) is 23.5 Å². The van der Waals surface area contributed by atoms with Crippen LogP contribution in [0.15, 0.2) is 66.7 Å². The predicted molar refractivity (Wildman–Crippen MR) is 134 cm³/mol. The van der Waals surface area contributed by atoms with Gasteiger partial charge in [0.05, 0.1) is 12.9 Å². The van der Waals surface area contributed by atoms with E-state index in [9.17, 15) is 14.0 Å². The van der Waals surface area contributed by atoms with E-state index in [0.717, 1.165) is 28.8 Å². The number of benzene rings is 3. The molecule has 176 valence electrons. The summed E-state index contributed by atoms with van der Waals surface area (Å²) in [4.78, 5) is 27.4. The largest absolute Gasteiger partial charge is 0.497 e. The van der Waals surface area contributed by atoms with Crippen LogP contribution < -0.4 is 15.0 Å². The number of carbonyl (C=O) groups is 2. The van der Waals surface area contributed by atoms with Crippen molar-refractivity contribution in [2.24, 2.45) is 0 Å². The minimum absolute atomic E-state index is 0.0488. The van der Waals surface area contributed by atoms with Gasteiger partial charge in [-0.05, 0) is 72.5 Å². The second kappa shape index (κ2) is 10.7. The Morgan fingerprint density at radius 1 is 1.06 bits per heavy atom. The monoisotopic (exact) mass is 478 g/mol. The van der Waals surface area contributed by atoms with Crippen molar-refractivity contribution in [1.29, 1.82) is 0 Å². The molecule has 1 N–H and O–H groups in total. The molecule has 3 aromatic rings. The quantitative estimate of drug-likeness (QED) is 0.496. The van der Waals surface area contributed by atoms with Crippen LogP contribution in [0.25, 0.3) is 0 Å². The van der Waals surface area contributed by atoms with Gasteiger partial charge in [0.25, 0.3) is 5.91 Å². The average Bonchev–Trinajstić information content (AvgIpc) is 3.18. The molecule has 1 aliphatic rings. The second-order valence-electron chi connectivity index (χ2n) is 8.32. The van der Waals surface area contributed by atoms with Gasteiger partial charge in [-0.25, -0.2) is 4.39 Å². The number of amides is 2.